The van der Waals surface area contributed by atoms with Gasteiger partial charge in [0.15, 0.2) is 16.9 Å². The van der Waals surface area contributed by atoms with E-state index in [0.29, 0.717) is 41.0 Å². The number of rotatable bonds is 8. The van der Waals surface area contributed by atoms with E-state index in [9.17, 15) is 19.5 Å². The molecule has 8 nitrogen and oxygen atoms in total. The van der Waals surface area contributed by atoms with E-state index in [1.54, 1.807) is 55.5 Å². The summed E-state index contributed by atoms with van der Waals surface area (Å²) < 4.78 is 16.9. The van der Waals surface area contributed by atoms with Crippen LogP contribution in [-0.2, 0) is 4.74 Å². The molecule has 0 spiro atoms. The van der Waals surface area contributed by atoms with Crippen LogP contribution >= 0.6 is 0 Å². The molecule has 0 bridgehead atoms. The second-order valence-electron chi connectivity index (χ2n) is 9.45. The Kier molecular flexibility index (Phi) is 7.11. The number of aromatic hydroxyl groups is 1. The molecule has 200 valence electrons. The largest absolute Gasteiger partial charge is 0.504 e. The first-order valence-electron chi connectivity index (χ1n) is 13.0. The lowest BCUT2D eigenvalue weighted by atomic mass is 9.97. The SMILES string of the molecule is CCCCOC(=O)c1ccc(N2C(=O)c3oc4ccc(C)cc4c(=O)c3C2c2ccc(O)c(OCC)c2)cc1. The molecule has 0 fully saturated rings. The number of phenols is 1. The number of carbonyl (C=O) groups excluding carboxylic acids is 2. The van der Waals surface area contributed by atoms with Gasteiger partial charge in [-0.25, -0.2) is 4.79 Å². The molecule has 8 heteroatoms. The van der Waals surface area contributed by atoms with E-state index >= 15 is 0 Å². The van der Waals surface area contributed by atoms with Gasteiger partial charge in [0.05, 0.1) is 35.8 Å². The van der Waals surface area contributed by atoms with Gasteiger partial charge in [0.2, 0.25) is 5.76 Å². The van der Waals surface area contributed by atoms with Gasteiger partial charge in [0, 0.05) is 5.69 Å². The van der Waals surface area contributed by atoms with Crippen LogP contribution in [0.1, 0.15) is 70.3 Å². The Morgan fingerprint density at radius 2 is 1.79 bits per heavy atom. The maximum atomic E-state index is 13.8. The van der Waals surface area contributed by atoms with Crippen molar-refractivity contribution in [2.24, 2.45) is 0 Å². The highest BCUT2D eigenvalue weighted by molar-refractivity contribution is 6.11. The van der Waals surface area contributed by atoms with Crippen molar-refractivity contribution in [3.63, 3.8) is 0 Å². The van der Waals surface area contributed by atoms with Crippen LogP contribution in [0.25, 0.3) is 11.0 Å². The monoisotopic (exact) mass is 527 g/mol. The number of phenolic OH excluding ortho intramolecular Hbond substituents is 1. The molecule has 1 atom stereocenters. The van der Waals surface area contributed by atoms with Gasteiger partial charge in [-0.15, -0.1) is 0 Å². The molecule has 2 heterocycles. The van der Waals surface area contributed by atoms with Crippen molar-refractivity contribution < 1.29 is 28.6 Å². The van der Waals surface area contributed by atoms with Crippen molar-refractivity contribution in [3.8, 4) is 11.5 Å². The highest BCUT2D eigenvalue weighted by atomic mass is 16.5. The fourth-order valence-corrected chi connectivity index (χ4v) is 4.79. The Labute approximate surface area is 225 Å². The molecule has 1 aliphatic rings. The number of amides is 1. The van der Waals surface area contributed by atoms with Gasteiger partial charge in [-0.1, -0.05) is 31.0 Å². The zero-order valence-electron chi connectivity index (χ0n) is 22.0. The summed E-state index contributed by atoms with van der Waals surface area (Å²) in [5.41, 5.74) is 2.49. The Hall–Kier alpha value is -4.59. The van der Waals surface area contributed by atoms with Gasteiger partial charge >= 0.3 is 5.97 Å². The summed E-state index contributed by atoms with van der Waals surface area (Å²) in [6.45, 7) is 6.35. The maximum absolute atomic E-state index is 13.8. The van der Waals surface area contributed by atoms with E-state index in [2.05, 4.69) is 0 Å². The molecule has 3 aromatic carbocycles. The molecular weight excluding hydrogens is 498 g/mol. The second-order valence-corrected chi connectivity index (χ2v) is 9.45. The van der Waals surface area contributed by atoms with Crippen molar-refractivity contribution in [3.05, 3.63) is 98.9 Å². The van der Waals surface area contributed by atoms with Crippen molar-refractivity contribution in [2.75, 3.05) is 18.1 Å². The Balaban J connectivity index is 1.65. The van der Waals surface area contributed by atoms with Crippen LogP contribution in [0.2, 0.25) is 0 Å². The van der Waals surface area contributed by atoms with Crippen molar-refractivity contribution in [2.45, 2.75) is 39.7 Å². The fraction of sp³-hybridized carbons (Fsp3) is 0.258. The predicted octanol–water partition coefficient (Wildman–Crippen LogP) is 5.91. The van der Waals surface area contributed by atoms with Gasteiger partial charge in [0.25, 0.3) is 5.91 Å². The lowest BCUT2D eigenvalue weighted by molar-refractivity contribution is 0.0499. The van der Waals surface area contributed by atoms with Gasteiger partial charge < -0.3 is 19.0 Å². The molecule has 4 aromatic rings. The number of nitrogens with zero attached hydrogens (tertiary/aromatic N) is 1. The van der Waals surface area contributed by atoms with Crippen LogP contribution in [0, 0.1) is 6.92 Å². The average Bonchev–Trinajstić information content (AvgIpc) is 3.23. The quantitative estimate of drug-likeness (QED) is 0.224. The minimum atomic E-state index is -0.851. The fourth-order valence-electron chi connectivity index (χ4n) is 4.79. The zero-order chi connectivity index (χ0) is 27.7. The molecule has 0 radical (unpaired) electrons. The van der Waals surface area contributed by atoms with E-state index in [1.165, 1.54) is 11.0 Å². The number of carbonyl (C=O) groups is 2. The van der Waals surface area contributed by atoms with Crippen molar-refractivity contribution in [1.29, 1.82) is 0 Å². The van der Waals surface area contributed by atoms with Gasteiger partial charge in [-0.3, -0.25) is 14.5 Å². The second kappa shape index (κ2) is 10.6. The first-order valence-corrected chi connectivity index (χ1v) is 13.0. The molecule has 0 saturated heterocycles. The van der Waals surface area contributed by atoms with Crippen LogP contribution in [0.4, 0.5) is 5.69 Å². The lowest BCUT2D eigenvalue weighted by Crippen LogP contribution is -2.29. The summed E-state index contributed by atoms with van der Waals surface area (Å²) in [6, 6.07) is 15.6. The molecule has 1 aliphatic heterocycles. The number of ether oxygens (including phenoxy) is 2. The zero-order valence-corrected chi connectivity index (χ0v) is 22.0. The molecule has 1 unspecified atom stereocenters. The van der Waals surface area contributed by atoms with Gasteiger partial charge in [0.1, 0.15) is 5.58 Å². The first-order chi connectivity index (χ1) is 18.8. The minimum absolute atomic E-state index is 0.0459. The van der Waals surface area contributed by atoms with Gasteiger partial charge in [-0.2, -0.15) is 0 Å². The van der Waals surface area contributed by atoms with Crippen molar-refractivity contribution in [1.82, 2.24) is 0 Å². The number of hydrogen-bond donors (Lipinski definition) is 1. The summed E-state index contributed by atoms with van der Waals surface area (Å²) in [5, 5.41) is 10.7. The third-order valence-corrected chi connectivity index (χ3v) is 6.74. The molecule has 1 aromatic heterocycles. The lowest BCUT2D eigenvalue weighted by Gasteiger charge is -2.26. The summed E-state index contributed by atoms with van der Waals surface area (Å²) in [5.74, 6) is -0.791. The third-order valence-electron chi connectivity index (χ3n) is 6.74. The number of aryl methyl sites for hydroxylation is 1. The van der Waals surface area contributed by atoms with E-state index in [1.807, 2.05) is 19.9 Å². The van der Waals surface area contributed by atoms with E-state index < -0.39 is 17.9 Å². The number of anilines is 1. The molecule has 0 saturated carbocycles. The Morgan fingerprint density at radius 1 is 1.03 bits per heavy atom. The maximum Gasteiger partial charge on any atom is 0.338 e. The van der Waals surface area contributed by atoms with Crippen LogP contribution < -0.4 is 15.1 Å². The van der Waals surface area contributed by atoms with E-state index in [4.69, 9.17) is 13.9 Å². The molecular formula is C31H29NO7. The molecule has 1 N–H and O–H groups in total. The summed E-state index contributed by atoms with van der Waals surface area (Å²) in [4.78, 5) is 41.6. The molecule has 1 amide bonds. The van der Waals surface area contributed by atoms with Gasteiger partial charge in [-0.05, 0) is 74.4 Å². The number of esters is 1. The summed E-state index contributed by atoms with van der Waals surface area (Å²) in [7, 11) is 0. The normalized spacial score (nSPS) is 14.5. The molecule has 0 aliphatic carbocycles. The van der Waals surface area contributed by atoms with Crippen LogP contribution in [0.3, 0.4) is 0 Å². The standard InChI is InChI=1S/C31H29NO7/c1-4-6-15-38-31(36)19-8-11-21(12-9-19)32-27(20-10-13-23(33)25(17-20)37-5-2)26-28(34)22-16-18(3)7-14-24(22)39-29(26)30(32)35/h7-14,16-17,27,33H,4-6,15H2,1-3H3. The highest BCUT2D eigenvalue weighted by Crippen LogP contribution is 2.43. The topological polar surface area (TPSA) is 106 Å². The summed E-state index contributed by atoms with van der Waals surface area (Å²) in [6.07, 6.45) is 1.69. The third kappa shape index (κ3) is 4.74. The number of benzene rings is 3. The van der Waals surface area contributed by atoms with Crippen molar-refractivity contribution >= 4 is 28.5 Å². The smallest absolute Gasteiger partial charge is 0.338 e. The average molecular weight is 528 g/mol. The molecule has 5 rings (SSSR count). The highest BCUT2D eigenvalue weighted by Gasteiger charge is 2.44. The summed E-state index contributed by atoms with van der Waals surface area (Å²) >= 11 is 0. The van der Waals surface area contributed by atoms with Crippen LogP contribution in [-0.4, -0.2) is 30.2 Å². The van der Waals surface area contributed by atoms with Crippen LogP contribution in [0.5, 0.6) is 11.5 Å². The number of unbranched alkanes of at least 4 members (excludes halogenated alkanes) is 1. The van der Waals surface area contributed by atoms with Crippen LogP contribution in [0.15, 0.2) is 69.9 Å². The predicted molar refractivity (Wildman–Crippen MR) is 147 cm³/mol. The van der Waals surface area contributed by atoms with E-state index in [-0.39, 0.29) is 28.3 Å². The molecule has 39 heavy (non-hydrogen) atoms. The first kappa shape index (κ1) is 26.0. The Morgan fingerprint density at radius 3 is 2.51 bits per heavy atom. The van der Waals surface area contributed by atoms with E-state index in [0.717, 1.165) is 18.4 Å². The minimum Gasteiger partial charge on any atom is -0.504 e. The number of hydrogen-bond acceptors (Lipinski definition) is 7. The Bertz CT molecular complexity index is 1620. The number of fused-ring (bicyclic) bond motifs is 2.